The first kappa shape index (κ1) is 13.5. The first-order valence-electron chi connectivity index (χ1n) is 6.47. The van der Waals surface area contributed by atoms with Crippen molar-refractivity contribution in [2.24, 2.45) is 5.73 Å². The maximum absolute atomic E-state index is 11.7. The van der Waals surface area contributed by atoms with E-state index in [1.54, 1.807) is 11.3 Å². The molecule has 2 N–H and O–H groups in total. The minimum atomic E-state index is 0.195. The van der Waals surface area contributed by atoms with Gasteiger partial charge in [-0.2, -0.15) is 0 Å². The van der Waals surface area contributed by atoms with Crippen LogP contribution in [0.15, 0.2) is 17.5 Å². The smallest absolute Gasteiger partial charge is 0.223 e. The molecule has 5 heteroatoms. The van der Waals surface area contributed by atoms with Gasteiger partial charge in [0.1, 0.15) is 0 Å². The lowest BCUT2D eigenvalue weighted by Gasteiger charge is -2.37. The van der Waals surface area contributed by atoms with Crippen molar-refractivity contribution in [1.29, 1.82) is 0 Å². The van der Waals surface area contributed by atoms with Crippen LogP contribution >= 0.6 is 11.3 Å². The van der Waals surface area contributed by atoms with Gasteiger partial charge in [-0.3, -0.25) is 9.69 Å². The number of hydrogen-bond donors (Lipinski definition) is 1. The minimum absolute atomic E-state index is 0.195. The van der Waals surface area contributed by atoms with Gasteiger partial charge < -0.3 is 10.6 Å². The lowest BCUT2D eigenvalue weighted by atomic mass is 10.2. The monoisotopic (exact) mass is 267 g/mol. The van der Waals surface area contributed by atoms with Crippen molar-refractivity contribution in [3.63, 3.8) is 0 Å². The molecule has 0 saturated carbocycles. The van der Waals surface area contributed by atoms with Crippen molar-refractivity contribution in [3.05, 3.63) is 22.4 Å². The molecule has 0 aliphatic carbocycles. The number of hydrogen-bond acceptors (Lipinski definition) is 4. The van der Waals surface area contributed by atoms with Crippen molar-refractivity contribution in [3.8, 4) is 0 Å². The summed E-state index contributed by atoms with van der Waals surface area (Å²) in [5, 5.41) is 2.12. The molecule has 1 aliphatic heterocycles. The lowest BCUT2D eigenvalue weighted by molar-refractivity contribution is -0.133. The Kier molecular flexibility index (Phi) is 4.74. The van der Waals surface area contributed by atoms with Gasteiger partial charge in [-0.1, -0.05) is 6.07 Å². The molecule has 1 amide bonds. The molecule has 4 nitrogen and oxygen atoms in total. The molecule has 0 spiro atoms. The number of piperazine rings is 1. The Morgan fingerprint density at radius 1 is 1.44 bits per heavy atom. The molecule has 1 fully saturated rings. The van der Waals surface area contributed by atoms with Crippen LogP contribution in [0.2, 0.25) is 0 Å². The SMILES string of the molecule is CC(c1cccs1)N1CCN(C(=O)CCN)CC1. The second-order valence-corrected chi connectivity index (χ2v) is 5.63. The summed E-state index contributed by atoms with van der Waals surface area (Å²) >= 11 is 1.80. The van der Waals surface area contributed by atoms with Gasteiger partial charge in [-0.15, -0.1) is 11.3 Å². The second kappa shape index (κ2) is 6.31. The first-order valence-corrected chi connectivity index (χ1v) is 7.35. The molecular weight excluding hydrogens is 246 g/mol. The number of carbonyl (C=O) groups excluding carboxylic acids is 1. The summed E-state index contributed by atoms with van der Waals surface area (Å²) in [4.78, 5) is 17.5. The maximum atomic E-state index is 11.7. The van der Waals surface area contributed by atoms with Crippen molar-refractivity contribution in [2.45, 2.75) is 19.4 Å². The van der Waals surface area contributed by atoms with Crippen LogP contribution in [0.5, 0.6) is 0 Å². The number of nitrogens with zero attached hydrogens (tertiary/aromatic N) is 2. The predicted octanol–water partition coefficient (Wildman–Crippen LogP) is 1.30. The third-order valence-electron chi connectivity index (χ3n) is 3.53. The Balaban J connectivity index is 1.85. The van der Waals surface area contributed by atoms with Crippen molar-refractivity contribution in [1.82, 2.24) is 9.80 Å². The average molecular weight is 267 g/mol. The molecule has 1 unspecified atom stereocenters. The van der Waals surface area contributed by atoms with Crippen LogP contribution in [0.3, 0.4) is 0 Å². The van der Waals surface area contributed by atoms with E-state index in [0.717, 1.165) is 26.2 Å². The van der Waals surface area contributed by atoms with E-state index < -0.39 is 0 Å². The van der Waals surface area contributed by atoms with E-state index in [1.165, 1.54) is 4.88 Å². The van der Waals surface area contributed by atoms with Gasteiger partial charge >= 0.3 is 0 Å². The molecule has 1 aromatic heterocycles. The second-order valence-electron chi connectivity index (χ2n) is 4.65. The fourth-order valence-corrected chi connectivity index (χ4v) is 3.17. The number of carbonyl (C=O) groups is 1. The highest BCUT2D eigenvalue weighted by Crippen LogP contribution is 2.25. The molecule has 1 atom stereocenters. The van der Waals surface area contributed by atoms with Gasteiger partial charge in [0.2, 0.25) is 5.91 Å². The summed E-state index contributed by atoms with van der Waals surface area (Å²) in [6.07, 6.45) is 0.473. The van der Waals surface area contributed by atoms with E-state index in [2.05, 4.69) is 29.3 Å². The van der Waals surface area contributed by atoms with Gasteiger partial charge in [0, 0.05) is 50.1 Å². The largest absolute Gasteiger partial charge is 0.340 e. The van der Waals surface area contributed by atoms with E-state index in [-0.39, 0.29) is 5.91 Å². The third-order valence-corrected chi connectivity index (χ3v) is 4.57. The molecule has 100 valence electrons. The van der Waals surface area contributed by atoms with Crippen molar-refractivity contribution >= 4 is 17.2 Å². The highest BCUT2D eigenvalue weighted by molar-refractivity contribution is 7.10. The van der Waals surface area contributed by atoms with Crippen LogP contribution in [0, 0.1) is 0 Å². The lowest BCUT2D eigenvalue weighted by Crippen LogP contribution is -2.49. The van der Waals surface area contributed by atoms with Crippen LogP contribution in [0.1, 0.15) is 24.3 Å². The van der Waals surface area contributed by atoms with E-state index >= 15 is 0 Å². The zero-order valence-electron chi connectivity index (χ0n) is 10.8. The summed E-state index contributed by atoms with van der Waals surface area (Å²) in [7, 11) is 0. The third kappa shape index (κ3) is 3.10. The number of rotatable bonds is 4. The van der Waals surface area contributed by atoms with E-state index in [1.807, 2.05) is 4.90 Å². The highest BCUT2D eigenvalue weighted by Gasteiger charge is 2.24. The number of nitrogens with two attached hydrogens (primary N) is 1. The van der Waals surface area contributed by atoms with Gasteiger partial charge in [0.25, 0.3) is 0 Å². The summed E-state index contributed by atoms with van der Waals surface area (Å²) in [5.74, 6) is 0.195. The van der Waals surface area contributed by atoms with Crippen LogP contribution < -0.4 is 5.73 Å². The summed E-state index contributed by atoms with van der Waals surface area (Å²) < 4.78 is 0. The van der Waals surface area contributed by atoms with E-state index in [9.17, 15) is 4.79 Å². The zero-order chi connectivity index (χ0) is 13.0. The summed E-state index contributed by atoms with van der Waals surface area (Å²) in [5.41, 5.74) is 5.42. The molecular formula is C13H21N3OS. The molecule has 2 rings (SSSR count). The maximum Gasteiger partial charge on any atom is 0.223 e. The van der Waals surface area contributed by atoms with E-state index in [4.69, 9.17) is 5.73 Å². The normalized spacial score (nSPS) is 18.9. The molecule has 2 heterocycles. The Bertz CT molecular complexity index is 372. The molecule has 1 aliphatic rings. The van der Waals surface area contributed by atoms with Crippen molar-refractivity contribution < 1.29 is 4.79 Å². The molecule has 0 bridgehead atoms. The number of amides is 1. The fraction of sp³-hybridized carbons (Fsp3) is 0.615. The fourth-order valence-electron chi connectivity index (χ4n) is 2.35. The standard InChI is InChI=1S/C13H21N3OS/c1-11(12-3-2-10-18-12)15-6-8-16(9-7-15)13(17)4-5-14/h2-3,10-11H,4-9,14H2,1H3. The van der Waals surface area contributed by atoms with Crippen LogP contribution in [-0.2, 0) is 4.79 Å². The molecule has 0 aromatic carbocycles. The van der Waals surface area contributed by atoms with Gasteiger partial charge in [-0.05, 0) is 18.4 Å². The first-order chi connectivity index (χ1) is 8.72. The molecule has 1 saturated heterocycles. The molecule has 0 radical (unpaired) electrons. The topological polar surface area (TPSA) is 49.6 Å². The van der Waals surface area contributed by atoms with Gasteiger partial charge in [-0.25, -0.2) is 0 Å². The van der Waals surface area contributed by atoms with E-state index in [0.29, 0.717) is 19.0 Å². The molecule has 1 aromatic rings. The Morgan fingerprint density at radius 2 is 2.17 bits per heavy atom. The zero-order valence-corrected chi connectivity index (χ0v) is 11.7. The van der Waals surface area contributed by atoms with Crippen LogP contribution in [0.4, 0.5) is 0 Å². The Morgan fingerprint density at radius 3 is 2.72 bits per heavy atom. The van der Waals surface area contributed by atoms with Crippen LogP contribution in [-0.4, -0.2) is 48.4 Å². The minimum Gasteiger partial charge on any atom is -0.340 e. The van der Waals surface area contributed by atoms with Crippen LogP contribution in [0.25, 0.3) is 0 Å². The van der Waals surface area contributed by atoms with Gasteiger partial charge in [0.15, 0.2) is 0 Å². The number of thiophene rings is 1. The van der Waals surface area contributed by atoms with Crippen molar-refractivity contribution in [2.75, 3.05) is 32.7 Å². The summed E-state index contributed by atoms with van der Waals surface area (Å²) in [6, 6.07) is 4.73. The molecule has 18 heavy (non-hydrogen) atoms. The highest BCUT2D eigenvalue weighted by atomic mass is 32.1. The van der Waals surface area contributed by atoms with Gasteiger partial charge in [0.05, 0.1) is 0 Å². The predicted molar refractivity (Wildman–Crippen MR) is 74.6 cm³/mol. The Hall–Kier alpha value is -0.910. The Labute approximate surface area is 112 Å². The summed E-state index contributed by atoms with van der Waals surface area (Å²) in [6.45, 7) is 6.25. The average Bonchev–Trinajstić information content (AvgIpc) is 2.92. The quantitative estimate of drug-likeness (QED) is 0.894.